The van der Waals surface area contributed by atoms with Crippen molar-refractivity contribution in [2.45, 2.75) is 64.7 Å². The van der Waals surface area contributed by atoms with Gasteiger partial charge in [-0.1, -0.05) is 62.8 Å². The Labute approximate surface area is 150 Å². The van der Waals surface area contributed by atoms with Crippen molar-refractivity contribution in [1.29, 1.82) is 0 Å². The first-order valence-corrected chi connectivity index (χ1v) is 9.27. The number of hydrogen-bond donors (Lipinski definition) is 1. The van der Waals surface area contributed by atoms with Crippen LogP contribution in [0.3, 0.4) is 0 Å². The third kappa shape index (κ3) is 9.08. The van der Waals surface area contributed by atoms with Gasteiger partial charge in [0.25, 0.3) is 0 Å². The van der Waals surface area contributed by atoms with Gasteiger partial charge in [0.05, 0.1) is 17.7 Å². The molecule has 0 aliphatic heterocycles. The molecule has 0 aromatic heterocycles. The van der Waals surface area contributed by atoms with E-state index >= 15 is 0 Å². The zero-order chi connectivity index (χ0) is 18.3. The molecule has 0 saturated carbocycles. The van der Waals surface area contributed by atoms with Crippen molar-refractivity contribution >= 4 is 11.9 Å². The number of carbonyl (C=O) groups excluding carboxylic acids is 1. The summed E-state index contributed by atoms with van der Waals surface area (Å²) in [6.45, 7) is 2.40. The van der Waals surface area contributed by atoms with E-state index in [-0.39, 0.29) is 11.1 Å². The first kappa shape index (κ1) is 20.9. The smallest absolute Gasteiger partial charge is 0.339 e. The lowest BCUT2D eigenvalue weighted by Crippen LogP contribution is -2.12. The van der Waals surface area contributed by atoms with Crippen LogP contribution in [-0.4, -0.2) is 23.7 Å². The van der Waals surface area contributed by atoms with Crippen LogP contribution < -0.4 is 0 Å². The summed E-state index contributed by atoms with van der Waals surface area (Å²) in [4.78, 5) is 23.1. The molecule has 0 fully saturated rings. The number of unbranched alkanes of at least 4 members (excludes halogenated alkanes) is 8. The van der Waals surface area contributed by atoms with Crippen LogP contribution in [0.5, 0.6) is 0 Å². The van der Waals surface area contributed by atoms with Crippen LogP contribution >= 0.6 is 0 Å². The first-order valence-electron chi connectivity index (χ1n) is 9.27. The lowest BCUT2D eigenvalue weighted by molar-refractivity contribution is 0.0487. The molecule has 0 unspecified atom stereocenters. The van der Waals surface area contributed by atoms with E-state index in [1.165, 1.54) is 50.7 Å². The van der Waals surface area contributed by atoms with Crippen molar-refractivity contribution in [3.8, 4) is 0 Å². The van der Waals surface area contributed by atoms with E-state index < -0.39 is 11.9 Å². The SMILES string of the molecule is C/C=C/CCCCCCCCCCOC(=O)c1ccccc1C(=O)O. The Morgan fingerprint density at radius 2 is 1.48 bits per heavy atom. The van der Waals surface area contributed by atoms with Crippen LogP contribution in [0.2, 0.25) is 0 Å². The molecule has 1 rings (SSSR count). The minimum Gasteiger partial charge on any atom is -0.478 e. The highest BCUT2D eigenvalue weighted by Gasteiger charge is 2.16. The maximum Gasteiger partial charge on any atom is 0.339 e. The minimum absolute atomic E-state index is 0.0121. The number of carbonyl (C=O) groups is 2. The van der Waals surface area contributed by atoms with Gasteiger partial charge >= 0.3 is 11.9 Å². The van der Waals surface area contributed by atoms with Gasteiger partial charge in [0.15, 0.2) is 0 Å². The Kier molecular flexibility index (Phi) is 11.1. The number of hydrogen-bond acceptors (Lipinski definition) is 3. The molecule has 0 spiro atoms. The predicted molar refractivity (Wildman–Crippen MR) is 100 cm³/mol. The maximum atomic E-state index is 12.0. The molecule has 0 amide bonds. The number of benzene rings is 1. The molecule has 0 aliphatic rings. The Bertz CT molecular complexity index is 549. The summed E-state index contributed by atoms with van der Waals surface area (Å²) < 4.78 is 5.19. The van der Waals surface area contributed by atoms with E-state index in [0.717, 1.165) is 19.3 Å². The summed E-state index contributed by atoms with van der Waals surface area (Å²) >= 11 is 0. The molecule has 138 valence electrons. The van der Waals surface area contributed by atoms with Crippen LogP contribution in [0.1, 0.15) is 85.4 Å². The second-order valence-electron chi connectivity index (χ2n) is 6.17. The number of carboxylic acid groups (broad SMARTS) is 1. The van der Waals surface area contributed by atoms with Gasteiger partial charge < -0.3 is 9.84 Å². The lowest BCUT2D eigenvalue weighted by atomic mass is 10.1. The standard InChI is InChI=1S/C21H30O4/c1-2-3-4-5-6-7-8-9-10-11-14-17-25-21(24)19-16-13-12-15-18(19)20(22)23/h2-3,12-13,15-16H,4-11,14,17H2,1H3,(H,22,23)/b3-2+. The van der Waals surface area contributed by atoms with Crippen molar-refractivity contribution < 1.29 is 19.4 Å². The molecule has 4 nitrogen and oxygen atoms in total. The Morgan fingerprint density at radius 3 is 2.08 bits per heavy atom. The largest absolute Gasteiger partial charge is 0.478 e. The second-order valence-corrected chi connectivity index (χ2v) is 6.17. The van der Waals surface area contributed by atoms with E-state index in [1.54, 1.807) is 12.1 Å². The van der Waals surface area contributed by atoms with Gasteiger partial charge in [-0.3, -0.25) is 0 Å². The van der Waals surface area contributed by atoms with Crippen molar-refractivity contribution in [3.63, 3.8) is 0 Å². The van der Waals surface area contributed by atoms with Crippen molar-refractivity contribution in [2.75, 3.05) is 6.61 Å². The minimum atomic E-state index is -1.11. The van der Waals surface area contributed by atoms with Gasteiger partial charge in [0, 0.05) is 0 Å². The van der Waals surface area contributed by atoms with Crippen molar-refractivity contribution in [2.24, 2.45) is 0 Å². The van der Waals surface area contributed by atoms with Gasteiger partial charge in [0.2, 0.25) is 0 Å². The van der Waals surface area contributed by atoms with E-state index in [4.69, 9.17) is 9.84 Å². The van der Waals surface area contributed by atoms with Gasteiger partial charge in [-0.2, -0.15) is 0 Å². The van der Waals surface area contributed by atoms with Crippen molar-refractivity contribution in [1.82, 2.24) is 0 Å². The monoisotopic (exact) mass is 346 g/mol. The highest BCUT2D eigenvalue weighted by Crippen LogP contribution is 2.12. The fraction of sp³-hybridized carbons (Fsp3) is 0.524. The molecule has 1 aromatic carbocycles. The lowest BCUT2D eigenvalue weighted by Gasteiger charge is -2.07. The van der Waals surface area contributed by atoms with Gasteiger partial charge in [-0.05, 0) is 38.3 Å². The van der Waals surface area contributed by atoms with Crippen LogP contribution in [0.4, 0.5) is 0 Å². The number of rotatable bonds is 13. The summed E-state index contributed by atoms with van der Waals surface area (Å²) in [6.07, 6.45) is 14.9. The van der Waals surface area contributed by atoms with Gasteiger partial charge in [-0.15, -0.1) is 0 Å². The molecule has 4 heteroatoms. The second kappa shape index (κ2) is 13.2. The predicted octanol–water partition coefficient (Wildman–Crippen LogP) is 5.63. The normalized spacial score (nSPS) is 10.9. The van der Waals surface area contributed by atoms with Crippen LogP contribution in [0.25, 0.3) is 0 Å². The molecule has 0 heterocycles. The molecule has 0 radical (unpaired) electrons. The topological polar surface area (TPSA) is 63.6 Å². The average Bonchev–Trinajstić information content (AvgIpc) is 2.62. The first-order chi connectivity index (χ1) is 12.2. The number of allylic oxidation sites excluding steroid dienone is 2. The summed E-state index contributed by atoms with van der Waals surface area (Å²) in [5.41, 5.74) is 0.106. The molecule has 25 heavy (non-hydrogen) atoms. The fourth-order valence-corrected chi connectivity index (χ4v) is 2.68. The summed E-state index contributed by atoms with van der Waals surface area (Å²) in [6, 6.07) is 6.14. The molecule has 0 bridgehead atoms. The average molecular weight is 346 g/mol. The van der Waals surface area contributed by atoms with E-state index in [2.05, 4.69) is 19.1 Å². The summed E-state index contributed by atoms with van der Waals surface area (Å²) in [7, 11) is 0. The molecular formula is C21H30O4. The van der Waals surface area contributed by atoms with Crippen molar-refractivity contribution in [3.05, 3.63) is 47.5 Å². The third-order valence-corrected chi connectivity index (χ3v) is 4.11. The summed E-state index contributed by atoms with van der Waals surface area (Å²) in [5, 5.41) is 9.08. The van der Waals surface area contributed by atoms with Crippen LogP contribution in [0.15, 0.2) is 36.4 Å². The quantitative estimate of drug-likeness (QED) is 0.286. The number of ether oxygens (including phenoxy) is 1. The Balaban J connectivity index is 2.07. The van der Waals surface area contributed by atoms with E-state index in [1.807, 2.05) is 0 Å². The van der Waals surface area contributed by atoms with E-state index in [9.17, 15) is 9.59 Å². The zero-order valence-corrected chi connectivity index (χ0v) is 15.2. The molecule has 0 saturated heterocycles. The van der Waals surface area contributed by atoms with Gasteiger partial charge in [0.1, 0.15) is 0 Å². The zero-order valence-electron chi connectivity index (χ0n) is 15.2. The summed E-state index contributed by atoms with van der Waals surface area (Å²) in [5.74, 6) is -1.67. The van der Waals surface area contributed by atoms with Crippen LogP contribution in [0, 0.1) is 0 Å². The third-order valence-electron chi connectivity index (χ3n) is 4.11. The Morgan fingerprint density at radius 1 is 0.920 bits per heavy atom. The highest BCUT2D eigenvalue weighted by atomic mass is 16.5. The molecule has 1 N–H and O–H groups in total. The molecule has 1 aromatic rings. The molecule has 0 aliphatic carbocycles. The molecule has 0 atom stereocenters. The van der Waals surface area contributed by atoms with E-state index in [0.29, 0.717) is 6.61 Å². The number of aromatic carboxylic acids is 1. The highest BCUT2D eigenvalue weighted by molar-refractivity contribution is 6.02. The van der Waals surface area contributed by atoms with Gasteiger partial charge in [-0.25, -0.2) is 9.59 Å². The van der Waals surface area contributed by atoms with Crippen LogP contribution in [-0.2, 0) is 4.74 Å². The Hall–Kier alpha value is -2.10. The maximum absolute atomic E-state index is 12.0. The number of esters is 1. The number of carboxylic acids is 1. The molecular weight excluding hydrogens is 316 g/mol. The fourth-order valence-electron chi connectivity index (χ4n) is 2.68.